The van der Waals surface area contributed by atoms with Gasteiger partial charge < -0.3 is 20.5 Å². The number of allylic oxidation sites excluding steroid dienone is 5. The lowest BCUT2D eigenvalue weighted by Gasteiger charge is -2.35. The van der Waals surface area contributed by atoms with E-state index < -0.39 is 0 Å². The molecule has 38 heavy (non-hydrogen) atoms. The highest BCUT2D eigenvalue weighted by molar-refractivity contribution is 5.76. The van der Waals surface area contributed by atoms with E-state index in [2.05, 4.69) is 60.9 Å². The van der Waals surface area contributed by atoms with Gasteiger partial charge in [0.25, 0.3) is 0 Å². The van der Waals surface area contributed by atoms with Crippen LogP contribution in [0.15, 0.2) is 36.5 Å². The van der Waals surface area contributed by atoms with Crippen molar-refractivity contribution in [1.82, 2.24) is 10.6 Å². The van der Waals surface area contributed by atoms with Gasteiger partial charge in [-0.15, -0.1) is 0 Å². The maximum Gasteiger partial charge on any atom is 0.305 e. The van der Waals surface area contributed by atoms with Crippen LogP contribution in [-0.2, 0) is 14.3 Å². The molecule has 0 fully saturated rings. The molecule has 1 unspecified atom stereocenters. The topological polar surface area (TPSA) is 87.7 Å². The van der Waals surface area contributed by atoms with E-state index in [1.807, 2.05) is 0 Å². The average molecular weight is 533 g/mol. The summed E-state index contributed by atoms with van der Waals surface area (Å²) in [6.45, 7) is 5.54. The zero-order chi connectivity index (χ0) is 27.7. The molecule has 0 aromatic rings. The van der Waals surface area contributed by atoms with Crippen LogP contribution in [0.5, 0.6) is 0 Å². The summed E-state index contributed by atoms with van der Waals surface area (Å²) in [7, 11) is 0. The molecular formula is C32H56N2O4. The fourth-order valence-corrected chi connectivity index (χ4v) is 5.12. The van der Waals surface area contributed by atoms with Gasteiger partial charge in [-0.05, 0) is 77.0 Å². The molecular weight excluding hydrogens is 476 g/mol. The Morgan fingerprint density at radius 1 is 0.895 bits per heavy atom. The Labute approximate surface area is 232 Å². The van der Waals surface area contributed by atoms with Crippen LogP contribution in [0.1, 0.15) is 123 Å². The Balaban J connectivity index is 2.70. The van der Waals surface area contributed by atoms with Crippen molar-refractivity contribution in [2.24, 2.45) is 0 Å². The smallest absolute Gasteiger partial charge is 0.305 e. The summed E-state index contributed by atoms with van der Waals surface area (Å²) in [5.41, 5.74) is -0.306. The monoisotopic (exact) mass is 532 g/mol. The molecule has 3 N–H and O–H groups in total. The van der Waals surface area contributed by atoms with Crippen molar-refractivity contribution in [3.8, 4) is 0 Å². The Morgan fingerprint density at radius 2 is 1.61 bits per heavy atom. The van der Waals surface area contributed by atoms with Crippen molar-refractivity contribution < 1.29 is 19.4 Å². The van der Waals surface area contributed by atoms with Crippen LogP contribution in [0.3, 0.4) is 0 Å². The van der Waals surface area contributed by atoms with Gasteiger partial charge in [-0.1, -0.05) is 69.6 Å². The first-order valence-electron chi connectivity index (χ1n) is 15.3. The minimum atomic E-state index is -0.306. The van der Waals surface area contributed by atoms with Crippen molar-refractivity contribution in [3.63, 3.8) is 0 Å². The Kier molecular flexibility index (Phi) is 20.7. The second-order valence-electron chi connectivity index (χ2n) is 10.6. The van der Waals surface area contributed by atoms with Gasteiger partial charge in [0.1, 0.15) is 6.61 Å². The standard InChI is InChI=1S/C32H56N2O4/c1-3-19-29-20-15-11-7-5-8-12-16-21-30(36)34-32(23-4-2,25-27-35)24-18-14-10-6-9-13-17-22-31(37)38-28-26-33-29/h5-6,8-9,11,15,29,33,35H,3-4,7,10,12-14,16-28H2,1-2H3,(H,34,36)/b8-5+,9-6+,15-11+/t29?,32-/m0/s1. The second kappa shape index (κ2) is 23.0. The SMILES string of the molecule is CCCC1C/C=C/C/C=C/CCCC(=O)N[C@](CCC)(CCO)CCCC/C=C/CCCC(=O)OCCN1. The maximum atomic E-state index is 12.8. The highest BCUT2D eigenvalue weighted by Gasteiger charge is 2.29. The number of nitrogens with one attached hydrogen (secondary N) is 2. The highest BCUT2D eigenvalue weighted by Crippen LogP contribution is 2.25. The van der Waals surface area contributed by atoms with E-state index in [0.29, 0.717) is 38.5 Å². The lowest BCUT2D eigenvalue weighted by atomic mass is 9.84. The van der Waals surface area contributed by atoms with Crippen molar-refractivity contribution >= 4 is 11.9 Å². The molecule has 0 spiro atoms. The molecule has 0 aliphatic carbocycles. The number of amides is 1. The summed E-state index contributed by atoms with van der Waals surface area (Å²) < 4.78 is 5.41. The highest BCUT2D eigenvalue weighted by atomic mass is 16.5. The van der Waals surface area contributed by atoms with E-state index in [4.69, 9.17) is 4.74 Å². The summed E-state index contributed by atoms with van der Waals surface area (Å²) >= 11 is 0. The van der Waals surface area contributed by atoms with Crippen LogP contribution in [0.25, 0.3) is 0 Å². The van der Waals surface area contributed by atoms with Gasteiger partial charge in [-0.2, -0.15) is 0 Å². The minimum absolute atomic E-state index is 0.0914. The molecule has 0 aromatic carbocycles. The van der Waals surface area contributed by atoms with Crippen molar-refractivity contribution in [1.29, 1.82) is 0 Å². The molecule has 1 heterocycles. The summed E-state index contributed by atoms with van der Waals surface area (Å²) in [6.07, 6.45) is 28.0. The molecule has 0 saturated heterocycles. The van der Waals surface area contributed by atoms with Gasteiger partial charge in [0.15, 0.2) is 0 Å². The van der Waals surface area contributed by atoms with E-state index in [-0.39, 0.29) is 24.0 Å². The molecule has 218 valence electrons. The molecule has 6 heteroatoms. The third-order valence-corrected chi connectivity index (χ3v) is 7.15. The third-order valence-electron chi connectivity index (χ3n) is 7.15. The molecule has 1 aliphatic heterocycles. The fraction of sp³-hybridized carbons (Fsp3) is 0.750. The van der Waals surface area contributed by atoms with Gasteiger partial charge in [0, 0.05) is 37.6 Å². The van der Waals surface area contributed by atoms with E-state index >= 15 is 0 Å². The van der Waals surface area contributed by atoms with Crippen LogP contribution in [0.4, 0.5) is 0 Å². The molecule has 2 atom stereocenters. The number of carbonyl (C=O) groups is 2. The Morgan fingerprint density at radius 3 is 2.34 bits per heavy atom. The molecule has 0 bridgehead atoms. The number of aliphatic hydroxyl groups excluding tert-OH is 1. The first-order valence-corrected chi connectivity index (χ1v) is 15.3. The van der Waals surface area contributed by atoms with E-state index in [1.165, 1.54) is 0 Å². The van der Waals surface area contributed by atoms with Crippen molar-refractivity contribution in [2.45, 2.75) is 135 Å². The lowest BCUT2D eigenvalue weighted by molar-refractivity contribution is -0.143. The summed E-state index contributed by atoms with van der Waals surface area (Å²) in [5.74, 6) is -0.0140. The Hall–Kier alpha value is -1.92. The summed E-state index contributed by atoms with van der Waals surface area (Å²) in [6, 6.07) is 0.399. The number of cyclic esters (lactones) is 1. The summed E-state index contributed by atoms with van der Waals surface area (Å²) in [4.78, 5) is 24.8. The normalized spacial score (nSPS) is 27.4. The van der Waals surface area contributed by atoms with Gasteiger partial charge in [0.2, 0.25) is 5.91 Å². The number of ether oxygens (including phenoxy) is 1. The fourth-order valence-electron chi connectivity index (χ4n) is 5.12. The predicted molar refractivity (Wildman–Crippen MR) is 158 cm³/mol. The lowest BCUT2D eigenvalue weighted by Crippen LogP contribution is -2.49. The number of hydrogen-bond donors (Lipinski definition) is 3. The van der Waals surface area contributed by atoms with Gasteiger partial charge >= 0.3 is 5.97 Å². The summed E-state index contributed by atoms with van der Waals surface area (Å²) in [5, 5.41) is 16.6. The third kappa shape index (κ3) is 17.6. The molecule has 6 nitrogen and oxygen atoms in total. The van der Waals surface area contributed by atoms with Gasteiger partial charge in [-0.25, -0.2) is 0 Å². The molecule has 0 aromatic heterocycles. The van der Waals surface area contributed by atoms with Gasteiger partial charge in [0.05, 0.1) is 0 Å². The van der Waals surface area contributed by atoms with E-state index in [9.17, 15) is 14.7 Å². The Bertz CT molecular complexity index is 696. The van der Waals surface area contributed by atoms with Crippen molar-refractivity contribution in [2.75, 3.05) is 19.8 Å². The largest absolute Gasteiger partial charge is 0.464 e. The van der Waals surface area contributed by atoms with Crippen LogP contribution < -0.4 is 10.6 Å². The van der Waals surface area contributed by atoms with Crippen LogP contribution in [0.2, 0.25) is 0 Å². The molecule has 0 saturated carbocycles. The first-order chi connectivity index (χ1) is 18.5. The number of aliphatic hydroxyl groups is 1. The average Bonchev–Trinajstić information content (AvgIpc) is 2.88. The van der Waals surface area contributed by atoms with Crippen LogP contribution in [-0.4, -0.2) is 48.3 Å². The van der Waals surface area contributed by atoms with Gasteiger partial charge in [-0.3, -0.25) is 9.59 Å². The molecule has 0 radical (unpaired) electrons. The molecule has 1 aliphatic rings. The maximum absolute atomic E-state index is 12.8. The quantitative estimate of drug-likeness (QED) is 0.262. The molecule has 1 rings (SSSR count). The van der Waals surface area contributed by atoms with Crippen LogP contribution in [0, 0.1) is 0 Å². The minimum Gasteiger partial charge on any atom is -0.464 e. The zero-order valence-corrected chi connectivity index (χ0v) is 24.4. The van der Waals surface area contributed by atoms with E-state index in [0.717, 1.165) is 89.9 Å². The zero-order valence-electron chi connectivity index (χ0n) is 24.4. The second-order valence-corrected chi connectivity index (χ2v) is 10.6. The number of rotatable bonds is 6. The van der Waals surface area contributed by atoms with E-state index in [1.54, 1.807) is 0 Å². The predicted octanol–water partition coefficient (Wildman–Crippen LogP) is 6.69. The number of esters is 1. The van der Waals surface area contributed by atoms with Crippen molar-refractivity contribution in [3.05, 3.63) is 36.5 Å². The number of carbonyl (C=O) groups excluding carboxylic acids is 2. The molecule has 1 amide bonds. The van der Waals surface area contributed by atoms with Crippen LogP contribution >= 0.6 is 0 Å². The first kappa shape index (κ1) is 34.1. The number of hydrogen-bond acceptors (Lipinski definition) is 5.